The molecular formula is C14H19BrF2O2. The number of alkyl halides is 3. The molecule has 0 heterocycles. The van der Waals surface area contributed by atoms with Gasteiger partial charge in [-0.3, -0.25) is 0 Å². The van der Waals surface area contributed by atoms with Gasteiger partial charge in [-0.1, -0.05) is 33.6 Å². The Morgan fingerprint density at radius 2 is 2.05 bits per heavy atom. The van der Waals surface area contributed by atoms with Crippen LogP contribution in [0.4, 0.5) is 8.78 Å². The second kappa shape index (κ2) is 8.48. The highest BCUT2D eigenvalue weighted by molar-refractivity contribution is 9.09. The van der Waals surface area contributed by atoms with Crippen LogP contribution in [0.25, 0.3) is 0 Å². The van der Waals surface area contributed by atoms with Gasteiger partial charge in [0.05, 0.1) is 6.61 Å². The zero-order valence-corrected chi connectivity index (χ0v) is 12.8. The van der Waals surface area contributed by atoms with E-state index in [0.29, 0.717) is 19.6 Å². The molecule has 1 atom stereocenters. The van der Waals surface area contributed by atoms with Gasteiger partial charge < -0.3 is 9.47 Å². The lowest BCUT2D eigenvalue weighted by molar-refractivity contribution is 0.0167. The first-order valence-corrected chi connectivity index (χ1v) is 7.19. The highest BCUT2D eigenvalue weighted by Gasteiger charge is 2.14. The fraction of sp³-hybridized carbons (Fsp3) is 0.571. The highest BCUT2D eigenvalue weighted by atomic mass is 79.9. The molecule has 0 radical (unpaired) electrons. The number of aryl methyl sites for hydroxylation is 1. The Bertz CT molecular complexity index is 386. The average molecular weight is 337 g/mol. The van der Waals surface area contributed by atoms with Gasteiger partial charge in [-0.2, -0.15) is 0 Å². The molecule has 0 bridgehead atoms. The molecule has 0 aliphatic carbocycles. The number of rotatable bonds is 8. The van der Waals surface area contributed by atoms with Gasteiger partial charge in [0.25, 0.3) is 6.43 Å². The van der Waals surface area contributed by atoms with Crippen molar-refractivity contribution in [2.24, 2.45) is 0 Å². The second-order valence-corrected chi connectivity index (χ2v) is 5.30. The molecule has 0 aliphatic heterocycles. The molecule has 0 aromatic heterocycles. The van der Waals surface area contributed by atoms with Crippen LogP contribution < -0.4 is 4.74 Å². The van der Waals surface area contributed by atoms with Gasteiger partial charge in [0.2, 0.25) is 0 Å². The van der Waals surface area contributed by atoms with Crippen molar-refractivity contribution < 1.29 is 18.3 Å². The molecule has 1 aromatic rings. The Morgan fingerprint density at radius 1 is 1.32 bits per heavy atom. The maximum atomic E-state index is 11.9. The number of halogens is 3. The third-order valence-electron chi connectivity index (χ3n) is 2.56. The van der Waals surface area contributed by atoms with Crippen LogP contribution in [-0.4, -0.2) is 26.2 Å². The van der Waals surface area contributed by atoms with Gasteiger partial charge in [-0.05, 0) is 26.3 Å². The summed E-state index contributed by atoms with van der Waals surface area (Å²) in [4.78, 5) is 0.0339. The quantitative estimate of drug-likeness (QED) is 0.514. The first-order chi connectivity index (χ1) is 9.04. The predicted octanol–water partition coefficient (Wildman–Crippen LogP) is 4.50. The van der Waals surface area contributed by atoms with Gasteiger partial charge in [-0.15, -0.1) is 0 Å². The topological polar surface area (TPSA) is 18.5 Å². The van der Waals surface area contributed by atoms with Crippen LogP contribution in [0.1, 0.15) is 29.3 Å². The van der Waals surface area contributed by atoms with Crippen LogP contribution in [0.2, 0.25) is 0 Å². The van der Waals surface area contributed by atoms with Gasteiger partial charge in [0.1, 0.15) is 12.4 Å². The summed E-state index contributed by atoms with van der Waals surface area (Å²) < 4.78 is 34.3. The molecule has 0 amide bonds. The number of hydrogen-bond acceptors (Lipinski definition) is 2. The third-order valence-corrected chi connectivity index (χ3v) is 3.51. The Balaban J connectivity index is 2.59. The van der Waals surface area contributed by atoms with Crippen LogP contribution in [0.3, 0.4) is 0 Å². The molecular weight excluding hydrogens is 318 g/mol. The third kappa shape index (κ3) is 5.87. The van der Waals surface area contributed by atoms with E-state index < -0.39 is 13.0 Å². The SMILES string of the molecule is CCOc1ccc(C)cc1C(Br)CCOCC(F)F. The highest BCUT2D eigenvalue weighted by Crippen LogP contribution is 2.34. The van der Waals surface area contributed by atoms with E-state index in [2.05, 4.69) is 15.9 Å². The average Bonchev–Trinajstić information content (AvgIpc) is 2.36. The first kappa shape index (κ1) is 16.4. The molecule has 5 heteroatoms. The van der Waals surface area contributed by atoms with Crippen molar-refractivity contribution >= 4 is 15.9 Å². The number of ether oxygens (including phenoxy) is 2. The summed E-state index contributed by atoms with van der Waals surface area (Å²) in [7, 11) is 0. The van der Waals surface area contributed by atoms with Crippen molar-refractivity contribution in [3.05, 3.63) is 29.3 Å². The minimum atomic E-state index is -2.41. The fourth-order valence-electron chi connectivity index (χ4n) is 1.71. The largest absolute Gasteiger partial charge is 0.494 e. The van der Waals surface area contributed by atoms with Crippen LogP contribution >= 0.6 is 15.9 Å². The maximum Gasteiger partial charge on any atom is 0.261 e. The molecule has 1 rings (SSSR count). The number of benzene rings is 1. The summed E-state index contributed by atoms with van der Waals surface area (Å²) in [6.45, 7) is 4.31. The van der Waals surface area contributed by atoms with Crippen molar-refractivity contribution in [2.45, 2.75) is 31.5 Å². The molecule has 108 valence electrons. The Morgan fingerprint density at radius 3 is 2.68 bits per heavy atom. The summed E-state index contributed by atoms with van der Waals surface area (Å²) >= 11 is 3.56. The molecule has 2 nitrogen and oxygen atoms in total. The molecule has 0 N–H and O–H groups in total. The maximum absolute atomic E-state index is 11.9. The summed E-state index contributed by atoms with van der Waals surface area (Å²) in [6.07, 6.45) is -1.79. The van der Waals surface area contributed by atoms with Gasteiger partial charge in [0.15, 0.2) is 0 Å². The van der Waals surface area contributed by atoms with E-state index in [0.717, 1.165) is 16.9 Å². The Kier molecular flexibility index (Phi) is 7.31. The van der Waals surface area contributed by atoms with E-state index in [9.17, 15) is 8.78 Å². The smallest absolute Gasteiger partial charge is 0.261 e. The summed E-state index contributed by atoms with van der Waals surface area (Å²) in [6, 6.07) is 5.96. The van der Waals surface area contributed by atoms with E-state index in [1.54, 1.807) is 0 Å². The van der Waals surface area contributed by atoms with E-state index in [-0.39, 0.29) is 4.83 Å². The minimum Gasteiger partial charge on any atom is -0.494 e. The fourth-order valence-corrected chi connectivity index (χ4v) is 2.26. The molecule has 0 fully saturated rings. The van der Waals surface area contributed by atoms with Crippen LogP contribution in [0.15, 0.2) is 18.2 Å². The monoisotopic (exact) mass is 336 g/mol. The van der Waals surface area contributed by atoms with Crippen molar-refractivity contribution in [1.29, 1.82) is 0 Å². The standard InChI is InChI=1S/C14H19BrF2O2/c1-3-19-13-5-4-10(2)8-11(13)12(15)6-7-18-9-14(16)17/h4-5,8,12,14H,3,6-7,9H2,1-2H3. The van der Waals surface area contributed by atoms with Crippen molar-refractivity contribution in [1.82, 2.24) is 0 Å². The predicted molar refractivity (Wildman–Crippen MR) is 75.5 cm³/mol. The lowest BCUT2D eigenvalue weighted by Crippen LogP contribution is -2.07. The van der Waals surface area contributed by atoms with E-state index in [4.69, 9.17) is 9.47 Å². The van der Waals surface area contributed by atoms with Gasteiger partial charge in [-0.25, -0.2) is 8.78 Å². The minimum absolute atomic E-state index is 0.0339. The molecule has 0 spiro atoms. The summed E-state index contributed by atoms with van der Waals surface area (Å²) in [5, 5.41) is 0. The molecule has 1 aromatic carbocycles. The normalized spacial score (nSPS) is 12.7. The lowest BCUT2D eigenvalue weighted by Gasteiger charge is -2.16. The molecule has 0 saturated heterocycles. The van der Waals surface area contributed by atoms with E-state index in [1.807, 2.05) is 32.0 Å². The number of hydrogen-bond donors (Lipinski definition) is 0. The van der Waals surface area contributed by atoms with E-state index in [1.165, 1.54) is 0 Å². The molecule has 0 aliphatic rings. The van der Waals surface area contributed by atoms with E-state index >= 15 is 0 Å². The molecule has 19 heavy (non-hydrogen) atoms. The lowest BCUT2D eigenvalue weighted by atomic mass is 10.1. The zero-order chi connectivity index (χ0) is 14.3. The van der Waals surface area contributed by atoms with Gasteiger partial charge >= 0.3 is 0 Å². The van der Waals surface area contributed by atoms with Gasteiger partial charge in [0, 0.05) is 17.0 Å². The summed E-state index contributed by atoms with van der Waals surface area (Å²) in [5.41, 5.74) is 2.17. The van der Waals surface area contributed by atoms with Crippen LogP contribution in [0, 0.1) is 6.92 Å². The summed E-state index contributed by atoms with van der Waals surface area (Å²) in [5.74, 6) is 0.823. The Hall–Kier alpha value is -0.680. The van der Waals surface area contributed by atoms with Crippen molar-refractivity contribution in [3.8, 4) is 5.75 Å². The van der Waals surface area contributed by atoms with Crippen LogP contribution in [0.5, 0.6) is 5.75 Å². The molecule has 1 unspecified atom stereocenters. The van der Waals surface area contributed by atoms with Crippen molar-refractivity contribution in [3.63, 3.8) is 0 Å². The second-order valence-electron chi connectivity index (χ2n) is 4.20. The zero-order valence-electron chi connectivity index (χ0n) is 11.2. The Labute approximate surface area is 121 Å². The molecule has 0 saturated carbocycles. The first-order valence-electron chi connectivity index (χ1n) is 6.28. The van der Waals surface area contributed by atoms with Crippen LogP contribution in [-0.2, 0) is 4.74 Å². The van der Waals surface area contributed by atoms with Crippen molar-refractivity contribution in [2.75, 3.05) is 19.8 Å².